The molecule has 0 saturated heterocycles. The molecule has 2 heterocycles. The Kier molecular flexibility index (Phi) is 4.14. The number of hydrogen-bond donors (Lipinski definition) is 1. The van der Waals surface area contributed by atoms with E-state index < -0.39 is 10.0 Å². The highest BCUT2D eigenvalue weighted by Gasteiger charge is 2.18. The number of hydrogen-bond acceptors (Lipinski definition) is 5. The van der Waals surface area contributed by atoms with Crippen LogP contribution in [0.15, 0.2) is 50.6 Å². The van der Waals surface area contributed by atoms with Gasteiger partial charge in [0.25, 0.3) is 10.0 Å². The van der Waals surface area contributed by atoms with Crippen LogP contribution in [0.4, 0.5) is 5.69 Å². The Morgan fingerprint density at radius 2 is 1.95 bits per heavy atom. The number of anilines is 1. The lowest BCUT2D eigenvalue weighted by molar-refractivity contribution is 0.432. The smallest absolute Gasteiger partial charge is 0.271 e. The number of nitrogens with zero attached hydrogens (tertiary/aromatic N) is 1. The highest BCUT2D eigenvalue weighted by molar-refractivity contribution is 7.94. The Hall–Kier alpha value is -1.54. The summed E-state index contributed by atoms with van der Waals surface area (Å²) in [5, 5.41) is 5.91. The lowest BCUT2D eigenvalue weighted by Crippen LogP contribution is -2.11. The van der Waals surface area contributed by atoms with Crippen LogP contribution in [-0.4, -0.2) is 13.6 Å². The standard InChI is InChI=1S/C13H8Cl2N2O3S2/c14-10-2-1-9(6-11(10)15)17-22(18,19)13-5-8(7-21-13)12-3-4-16-20-12/h1-7,17H. The second-order valence-electron chi connectivity index (χ2n) is 4.27. The summed E-state index contributed by atoms with van der Waals surface area (Å²) in [5.41, 5.74) is 0.987. The number of halogens is 2. The predicted molar refractivity (Wildman–Crippen MR) is 87.1 cm³/mol. The zero-order valence-electron chi connectivity index (χ0n) is 10.8. The molecule has 0 aliphatic rings. The molecule has 0 spiro atoms. The van der Waals surface area contributed by atoms with Crippen LogP contribution in [0.1, 0.15) is 0 Å². The van der Waals surface area contributed by atoms with Crippen LogP contribution in [0.5, 0.6) is 0 Å². The molecule has 0 unspecified atom stereocenters. The first kappa shape index (κ1) is 15.4. The summed E-state index contributed by atoms with van der Waals surface area (Å²) in [6.45, 7) is 0. The van der Waals surface area contributed by atoms with Gasteiger partial charge in [-0.05, 0) is 24.3 Å². The molecular weight excluding hydrogens is 367 g/mol. The maximum Gasteiger partial charge on any atom is 0.271 e. The number of thiophene rings is 1. The van der Waals surface area contributed by atoms with Crippen molar-refractivity contribution >= 4 is 50.2 Å². The average Bonchev–Trinajstić information content (AvgIpc) is 3.12. The van der Waals surface area contributed by atoms with Crippen molar-refractivity contribution < 1.29 is 12.9 Å². The summed E-state index contributed by atoms with van der Waals surface area (Å²) >= 11 is 12.8. The van der Waals surface area contributed by atoms with E-state index in [-0.39, 0.29) is 9.23 Å². The molecule has 0 aliphatic carbocycles. The molecule has 3 aromatic rings. The number of rotatable bonds is 4. The summed E-state index contributed by atoms with van der Waals surface area (Å²) in [6, 6.07) is 7.69. The Labute approximate surface area is 140 Å². The SMILES string of the molecule is O=S(=O)(Nc1ccc(Cl)c(Cl)c1)c1cc(-c2ccno2)cs1. The Balaban J connectivity index is 1.88. The normalized spacial score (nSPS) is 11.5. The number of aromatic nitrogens is 1. The van der Waals surface area contributed by atoms with E-state index in [1.54, 1.807) is 11.4 Å². The summed E-state index contributed by atoms with van der Waals surface area (Å²) in [6.07, 6.45) is 1.50. The van der Waals surface area contributed by atoms with Gasteiger partial charge < -0.3 is 4.52 Å². The zero-order chi connectivity index (χ0) is 15.7. The molecule has 114 valence electrons. The minimum Gasteiger partial charge on any atom is -0.356 e. The van der Waals surface area contributed by atoms with Crippen LogP contribution >= 0.6 is 34.5 Å². The molecule has 5 nitrogen and oxygen atoms in total. The maximum atomic E-state index is 12.4. The van der Waals surface area contributed by atoms with E-state index in [9.17, 15) is 8.42 Å². The van der Waals surface area contributed by atoms with Crippen LogP contribution in [0.3, 0.4) is 0 Å². The van der Waals surface area contributed by atoms with Crippen molar-refractivity contribution in [1.82, 2.24) is 5.16 Å². The minimum absolute atomic E-state index is 0.157. The van der Waals surface area contributed by atoms with Crippen molar-refractivity contribution in [2.45, 2.75) is 4.21 Å². The molecule has 0 amide bonds. The Morgan fingerprint density at radius 1 is 1.14 bits per heavy atom. The molecule has 9 heteroatoms. The monoisotopic (exact) mass is 374 g/mol. The van der Waals surface area contributed by atoms with Gasteiger partial charge in [0.2, 0.25) is 0 Å². The lowest BCUT2D eigenvalue weighted by atomic mass is 10.3. The van der Waals surface area contributed by atoms with Crippen molar-refractivity contribution in [3.05, 3.63) is 52.0 Å². The van der Waals surface area contributed by atoms with Crippen molar-refractivity contribution in [2.24, 2.45) is 0 Å². The van der Waals surface area contributed by atoms with Crippen LogP contribution in [-0.2, 0) is 10.0 Å². The summed E-state index contributed by atoms with van der Waals surface area (Å²) in [7, 11) is -3.71. The highest BCUT2D eigenvalue weighted by atomic mass is 35.5. The van der Waals surface area contributed by atoms with E-state index in [0.717, 1.165) is 11.3 Å². The average molecular weight is 375 g/mol. The fraction of sp³-hybridized carbons (Fsp3) is 0. The molecule has 0 atom stereocenters. The second-order valence-corrected chi connectivity index (χ2v) is 7.90. The van der Waals surface area contributed by atoms with E-state index in [1.807, 2.05) is 0 Å². The zero-order valence-corrected chi connectivity index (χ0v) is 13.9. The Bertz CT molecular complexity index is 905. The van der Waals surface area contributed by atoms with Gasteiger partial charge in [-0.1, -0.05) is 28.4 Å². The van der Waals surface area contributed by atoms with Crippen molar-refractivity contribution in [2.75, 3.05) is 4.72 Å². The summed E-state index contributed by atoms with van der Waals surface area (Å²) < 4.78 is 32.3. The van der Waals surface area contributed by atoms with E-state index in [0.29, 0.717) is 22.0 Å². The molecule has 2 aromatic heterocycles. The van der Waals surface area contributed by atoms with Crippen LogP contribution in [0.2, 0.25) is 10.0 Å². The molecule has 0 radical (unpaired) electrons. The van der Waals surface area contributed by atoms with E-state index in [1.165, 1.54) is 30.5 Å². The fourth-order valence-electron chi connectivity index (χ4n) is 1.72. The molecule has 22 heavy (non-hydrogen) atoms. The number of nitrogens with one attached hydrogen (secondary N) is 1. The largest absolute Gasteiger partial charge is 0.356 e. The third-order valence-corrected chi connectivity index (χ3v) is 6.29. The first-order chi connectivity index (χ1) is 10.5. The molecule has 0 saturated carbocycles. The van der Waals surface area contributed by atoms with Gasteiger partial charge in [0.05, 0.1) is 21.9 Å². The third-order valence-electron chi connectivity index (χ3n) is 2.73. The maximum absolute atomic E-state index is 12.4. The van der Waals surface area contributed by atoms with Gasteiger partial charge in [0.15, 0.2) is 5.76 Å². The van der Waals surface area contributed by atoms with Crippen LogP contribution in [0.25, 0.3) is 11.3 Å². The summed E-state index contributed by atoms with van der Waals surface area (Å²) in [5.74, 6) is 0.507. The van der Waals surface area contributed by atoms with E-state index >= 15 is 0 Å². The van der Waals surface area contributed by atoms with Crippen LogP contribution in [0, 0.1) is 0 Å². The molecule has 0 fully saturated rings. The molecular formula is C13H8Cl2N2O3S2. The molecule has 1 N–H and O–H groups in total. The van der Waals surface area contributed by atoms with Gasteiger partial charge in [-0.25, -0.2) is 8.42 Å². The minimum atomic E-state index is -3.71. The predicted octanol–water partition coefficient (Wildman–Crippen LogP) is 4.51. The third kappa shape index (κ3) is 3.12. The van der Waals surface area contributed by atoms with E-state index in [4.69, 9.17) is 27.7 Å². The van der Waals surface area contributed by atoms with Gasteiger partial charge in [-0.2, -0.15) is 0 Å². The van der Waals surface area contributed by atoms with Gasteiger partial charge >= 0.3 is 0 Å². The van der Waals surface area contributed by atoms with Crippen molar-refractivity contribution in [3.63, 3.8) is 0 Å². The first-order valence-corrected chi connectivity index (χ1v) is 9.05. The molecule has 0 bridgehead atoms. The number of sulfonamides is 1. The summed E-state index contributed by atoms with van der Waals surface area (Å²) in [4.78, 5) is 0. The van der Waals surface area contributed by atoms with Gasteiger partial charge in [0, 0.05) is 17.0 Å². The topological polar surface area (TPSA) is 72.2 Å². The number of benzene rings is 1. The molecule has 0 aliphatic heterocycles. The van der Waals surface area contributed by atoms with E-state index in [2.05, 4.69) is 9.88 Å². The molecule has 1 aromatic carbocycles. The molecule has 3 rings (SSSR count). The van der Waals surface area contributed by atoms with Crippen molar-refractivity contribution in [3.8, 4) is 11.3 Å². The Morgan fingerprint density at radius 3 is 2.64 bits per heavy atom. The highest BCUT2D eigenvalue weighted by Crippen LogP contribution is 2.31. The quantitative estimate of drug-likeness (QED) is 0.728. The van der Waals surface area contributed by atoms with Gasteiger partial charge in [-0.15, -0.1) is 11.3 Å². The van der Waals surface area contributed by atoms with Crippen LogP contribution < -0.4 is 4.72 Å². The fourth-order valence-corrected chi connectivity index (χ4v) is 4.23. The van der Waals surface area contributed by atoms with Gasteiger partial charge in [0.1, 0.15) is 4.21 Å². The first-order valence-electron chi connectivity index (χ1n) is 5.93. The van der Waals surface area contributed by atoms with Gasteiger partial charge in [-0.3, -0.25) is 4.72 Å². The van der Waals surface area contributed by atoms with Crippen molar-refractivity contribution in [1.29, 1.82) is 0 Å². The second kappa shape index (κ2) is 5.92. The lowest BCUT2D eigenvalue weighted by Gasteiger charge is -2.07.